The number of anilines is 1. The van der Waals surface area contributed by atoms with Gasteiger partial charge in [0.2, 0.25) is 0 Å². The van der Waals surface area contributed by atoms with Gasteiger partial charge in [0, 0.05) is 18.0 Å². The van der Waals surface area contributed by atoms with Crippen LogP contribution >= 0.6 is 0 Å². The molecule has 2 aromatic rings. The summed E-state index contributed by atoms with van der Waals surface area (Å²) in [6, 6.07) is 7.92. The van der Waals surface area contributed by atoms with Crippen LogP contribution in [0.1, 0.15) is 31.5 Å². The molecule has 0 amide bonds. The third-order valence-corrected chi connectivity index (χ3v) is 3.73. The molecule has 2 N–H and O–H groups in total. The molecule has 1 fully saturated rings. The van der Waals surface area contributed by atoms with Crippen LogP contribution in [-0.2, 0) is 6.54 Å². The van der Waals surface area contributed by atoms with Gasteiger partial charge in [-0.05, 0) is 31.9 Å². The van der Waals surface area contributed by atoms with Crippen LogP contribution < -0.4 is 10.5 Å². The van der Waals surface area contributed by atoms with Gasteiger partial charge < -0.3 is 15.0 Å². The molecular weight excluding hydrogens is 262 g/mol. The molecule has 1 aromatic heterocycles. The van der Waals surface area contributed by atoms with Crippen LogP contribution in [0.15, 0.2) is 36.9 Å². The number of nitrogens with zero attached hydrogens (tertiary/aromatic N) is 2. The first-order chi connectivity index (χ1) is 10.3. The van der Waals surface area contributed by atoms with E-state index in [0.29, 0.717) is 24.9 Å². The highest BCUT2D eigenvalue weighted by Crippen LogP contribution is 2.43. The Balaban J connectivity index is 2.10. The Morgan fingerprint density at radius 2 is 2.19 bits per heavy atom. The van der Waals surface area contributed by atoms with Crippen molar-refractivity contribution in [2.45, 2.75) is 32.2 Å². The molecule has 21 heavy (non-hydrogen) atoms. The number of hydrogen-bond acceptors (Lipinski definition) is 3. The maximum absolute atomic E-state index is 6.35. The summed E-state index contributed by atoms with van der Waals surface area (Å²) in [6.07, 6.45) is 4.25. The van der Waals surface area contributed by atoms with Crippen molar-refractivity contribution in [2.75, 3.05) is 12.3 Å². The minimum Gasteiger partial charge on any atom is -0.493 e. The number of imidazole rings is 1. The first-order valence-corrected chi connectivity index (χ1v) is 7.45. The van der Waals surface area contributed by atoms with Crippen molar-refractivity contribution in [3.63, 3.8) is 0 Å². The number of nitrogen functional groups attached to an aromatic ring is 1. The topological polar surface area (TPSA) is 53.1 Å². The lowest BCUT2D eigenvalue weighted by Crippen LogP contribution is -2.05. The maximum atomic E-state index is 6.35. The van der Waals surface area contributed by atoms with E-state index in [-0.39, 0.29) is 0 Å². The molecule has 3 rings (SSSR count). The fourth-order valence-corrected chi connectivity index (χ4v) is 2.60. The van der Waals surface area contributed by atoms with Crippen LogP contribution in [0.2, 0.25) is 0 Å². The molecule has 1 aromatic carbocycles. The molecule has 0 unspecified atom stereocenters. The Hall–Kier alpha value is -2.23. The average Bonchev–Trinajstić information content (AvgIpc) is 3.28. The lowest BCUT2D eigenvalue weighted by atomic mass is 10.1. The van der Waals surface area contributed by atoms with Gasteiger partial charge in [0.15, 0.2) is 0 Å². The zero-order valence-corrected chi connectivity index (χ0v) is 12.4. The first-order valence-electron chi connectivity index (χ1n) is 7.45. The molecule has 1 saturated carbocycles. The molecule has 1 heterocycles. The fourth-order valence-electron chi connectivity index (χ4n) is 2.60. The average molecular weight is 283 g/mol. The van der Waals surface area contributed by atoms with E-state index in [2.05, 4.69) is 11.1 Å². The zero-order chi connectivity index (χ0) is 14.8. The highest BCUT2D eigenvalue weighted by molar-refractivity contribution is 5.76. The second kappa shape index (κ2) is 5.64. The summed E-state index contributed by atoms with van der Waals surface area (Å²) in [6.45, 7) is 7.12. The Labute approximate surface area is 125 Å². The predicted molar refractivity (Wildman–Crippen MR) is 85.4 cm³/mol. The monoisotopic (exact) mass is 283 g/mol. The Morgan fingerprint density at radius 3 is 2.86 bits per heavy atom. The van der Waals surface area contributed by atoms with Crippen molar-refractivity contribution >= 4 is 5.82 Å². The highest BCUT2D eigenvalue weighted by Gasteiger charge is 2.31. The number of nitrogens with two attached hydrogens (primary N) is 1. The number of rotatable bonds is 6. The molecule has 0 aliphatic heterocycles. The third kappa shape index (κ3) is 2.53. The fraction of sp³-hybridized carbons (Fsp3) is 0.353. The van der Waals surface area contributed by atoms with Crippen molar-refractivity contribution in [1.29, 1.82) is 0 Å². The standard InChI is InChI=1S/C17H21N3O/c1-3-11-20-16(18)15(19-17(20)12-9-10-12)13-7-5-6-8-14(13)21-4-2/h3,5-8,12H,1,4,9-11,18H2,2H3. The van der Waals surface area contributed by atoms with Gasteiger partial charge in [0.1, 0.15) is 23.1 Å². The molecular formula is C17H21N3O. The lowest BCUT2D eigenvalue weighted by Gasteiger charge is -2.09. The number of ether oxygens (including phenoxy) is 1. The lowest BCUT2D eigenvalue weighted by molar-refractivity contribution is 0.341. The molecule has 4 heteroatoms. The van der Waals surface area contributed by atoms with Crippen molar-refractivity contribution < 1.29 is 4.74 Å². The van der Waals surface area contributed by atoms with Gasteiger partial charge >= 0.3 is 0 Å². The van der Waals surface area contributed by atoms with E-state index in [4.69, 9.17) is 15.5 Å². The molecule has 0 radical (unpaired) electrons. The molecule has 1 aliphatic rings. The predicted octanol–water partition coefficient (Wildman–Crippen LogP) is 3.59. The summed E-state index contributed by atoms with van der Waals surface area (Å²) in [5.74, 6) is 3.15. The summed E-state index contributed by atoms with van der Waals surface area (Å²) in [7, 11) is 0. The molecule has 0 atom stereocenters. The zero-order valence-electron chi connectivity index (χ0n) is 12.4. The van der Waals surface area contributed by atoms with Crippen molar-refractivity contribution in [1.82, 2.24) is 9.55 Å². The summed E-state index contributed by atoms with van der Waals surface area (Å²) >= 11 is 0. The largest absolute Gasteiger partial charge is 0.493 e. The molecule has 4 nitrogen and oxygen atoms in total. The third-order valence-electron chi connectivity index (χ3n) is 3.73. The van der Waals surface area contributed by atoms with E-state index in [1.54, 1.807) is 0 Å². The maximum Gasteiger partial charge on any atom is 0.132 e. The van der Waals surface area contributed by atoms with Gasteiger partial charge in [-0.2, -0.15) is 0 Å². The normalized spacial score (nSPS) is 14.1. The van der Waals surface area contributed by atoms with Crippen LogP contribution in [0, 0.1) is 0 Å². The Bertz CT molecular complexity index is 656. The van der Waals surface area contributed by atoms with Crippen LogP contribution in [0.4, 0.5) is 5.82 Å². The number of hydrogen-bond donors (Lipinski definition) is 1. The van der Waals surface area contributed by atoms with Gasteiger partial charge in [0.25, 0.3) is 0 Å². The molecule has 1 aliphatic carbocycles. The number of aromatic nitrogens is 2. The second-order valence-corrected chi connectivity index (χ2v) is 5.31. The van der Waals surface area contributed by atoms with E-state index < -0.39 is 0 Å². The van der Waals surface area contributed by atoms with Crippen LogP contribution in [0.25, 0.3) is 11.3 Å². The number of para-hydroxylation sites is 1. The SMILES string of the molecule is C=CCn1c(C2CC2)nc(-c2ccccc2OCC)c1N. The first kappa shape index (κ1) is 13.7. The smallest absolute Gasteiger partial charge is 0.132 e. The van der Waals surface area contributed by atoms with Gasteiger partial charge in [-0.1, -0.05) is 18.2 Å². The van der Waals surface area contributed by atoms with Gasteiger partial charge in [-0.15, -0.1) is 6.58 Å². The van der Waals surface area contributed by atoms with E-state index in [0.717, 1.165) is 22.8 Å². The van der Waals surface area contributed by atoms with Gasteiger partial charge in [-0.3, -0.25) is 0 Å². The van der Waals surface area contributed by atoms with Gasteiger partial charge in [-0.25, -0.2) is 4.98 Å². The number of allylic oxidation sites excluding steroid dienone is 1. The van der Waals surface area contributed by atoms with Crippen LogP contribution in [0.5, 0.6) is 5.75 Å². The highest BCUT2D eigenvalue weighted by atomic mass is 16.5. The van der Waals surface area contributed by atoms with Crippen molar-refractivity contribution in [3.8, 4) is 17.0 Å². The van der Waals surface area contributed by atoms with E-state index in [1.807, 2.05) is 37.3 Å². The molecule has 0 bridgehead atoms. The molecule has 0 saturated heterocycles. The van der Waals surface area contributed by atoms with E-state index in [1.165, 1.54) is 12.8 Å². The van der Waals surface area contributed by atoms with E-state index in [9.17, 15) is 0 Å². The Kier molecular flexibility index (Phi) is 3.69. The second-order valence-electron chi connectivity index (χ2n) is 5.31. The summed E-state index contributed by atoms with van der Waals surface area (Å²) in [4.78, 5) is 4.81. The quantitative estimate of drug-likeness (QED) is 0.824. The van der Waals surface area contributed by atoms with Crippen molar-refractivity contribution in [3.05, 3.63) is 42.7 Å². The summed E-state index contributed by atoms with van der Waals surface area (Å²) < 4.78 is 7.78. The summed E-state index contributed by atoms with van der Waals surface area (Å²) in [5, 5.41) is 0. The van der Waals surface area contributed by atoms with Gasteiger partial charge in [0.05, 0.1) is 6.61 Å². The van der Waals surface area contributed by atoms with E-state index >= 15 is 0 Å². The molecule has 0 spiro atoms. The molecule has 110 valence electrons. The van der Waals surface area contributed by atoms with Crippen LogP contribution in [-0.4, -0.2) is 16.2 Å². The van der Waals surface area contributed by atoms with Crippen molar-refractivity contribution in [2.24, 2.45) is 0 Å². The Morgan fingerprint density at radius 1 is 1.43 bits per heavy atom. The number of benzene rings is 1. The minimum absolute atomic E-state index is 0.542. The summed E-state index contributed by atoms with van der Waals surface area (Å²) in [5.41, 5.74) is 8.13. The minimum atomic E-state index is 0.542. The van der Waals surface area contributed by atoms with Crippen LogP contribution in [0.3, 0.4) is 0 Å².